The van der Waals surface area contributed by atoms with Crippen molar-refractivity contribution in [2.45, 2.75) is 67.6 Å². The number of aryl methyl sites for hydroxylation is 6. The monoisotopic (exact) mass is 424 g/mol. The summed E-state index contributed by atoms with van der Waals surface area (Å²) in [6.45, 7) is 14.5. The van der Waals surface area contributed by atoms with Crippen LogP contribution in [0.25, 0.3) is 0 Å². The molecule has 0 fully saturated rings. The fourth-order valence-electron chi connectivity index (χ4n) is 3.35. The van der Waals surface area contributed by atoms with E-state index < -0.39 is 24.0 Å². The minimum atomic E-state index is -0.838. The van der Waals surface area contributed by atoms with Gasteiger partial charge < -0.3 is 14.9 Å². The SMILES string of the molecule is CC(O)C#CC(C)O.Cc1cc(C)c(OC(=O)C(=O)c2c(C)cc(C)cc2C)c(C)c1. The van der Waals surface area contributed by atoms with Crippen molar-refractivity contribution in [2.75, 3.05) is 0 Å². The average Bonchev–Trinajstić information content (AvgIpc) is 2.62. The predicted octanol–water partition coefficient (Wildman–Crippen LogP) is 4.08. The largest absolute Gasteiger partial charge is 0.420 e. The highest BCUT2D eigenvalue weighted by Crippen LogP contribution is 2.25. The lowest BCUT2D eigenvalue weighted by Crippen LogP contribution is -2.23. The van der Waals surface area contributed by atoms with Crippen LogP contribution in [0.2, 0.25) is 0 Å². The van der Waals surface area contributed by atoms with Crippen LogP contribution in [-0.2, 0) is 4.79 Å². The number of benzene rings is 2. The van der Waals surface area contributed by atoms with Crippen LogP contribution >= 0.6 is 0 Å². The number of esters is 1. The molecule has 0 spiro atoms. The number of aliphatic hydroxyl groups excluding tert-OH is 2. The molecule has 0 aliphatic carbocycles. The molecule has 31 heavy (non-hydrogen) atoms. The quantitative estimate of drug-likeness (QED) is 0.255. The molecule has 5 heteroatoms. The van der Waals surface area contributed by atoms with Crippen LogP contribution in [0.3, 0.4) is 0 Å². The second kappa shape index (κ2) is 11.5. The van der Waals surface area contributed by atoms with Gasteiger partial charge in [0.2, 0.25) is 0 Å². The smallest absolute Gasteiger partial charge is 0.385 e. The zero-order chi connectivity index (χ0) is 23.9. The van der Waals surface area contributed by atoms with E-state index >= 15 is 0 Å². The fraction of sp³-hybridized carbons (Fsp3) is 0.385. The highest BCUT2D eigenvalue weighted by atomic mass is 16.5. The molecule has 0 aromatic heterocycles. The van der Waals surface area contributed by atoms with Gasteiger partial charge in [0, 0.05) is 5.56 Å². The number of carbonyl (C=O) groups excluding carboxylic acids is 2. The molecular formula is C26H32O5. The van der Waals surface area contributed by atoms with E-state index in [-0.39, 0.29) is 0 Å². The van der Waals surface area contributed by atoms with Gasteiger partial charge >= 0.3 is 5.97 Å². The molecule has 2 aromatic carbocycles. The standard InChI is InChI=1S/C20H22O3.C6H10O2/c1-11-7-13(3)17(14(4)8-11)18(21)20(22)23-19-15(5)9-12(2)10-16(19)6;1-5(7)3-4-6(2)8/h7-10H,1-6H3;5-8H,1-2H3. The first-order valence-corrected chi connectivity index (χ1v) is 10.1. The number of Topliss-reactive ketones (excluding diaryl/α,β-unsaturated/α-hetero) is 1. The molecule has 0 bridgehead atoms. The van der Waals surface area contributed by atoms with E-state index in [0.29, 0.717) is 11.3 Å². The number of aliphatic hydroxyl groups is 2. The molecule has 0 aliphatic heterocycles. The Hall–Kier alpha value is -2.94. The van der Waals surface area contributed by atoms with Gasteiger partial charge in [-0.15, -0.1) is 0 Å². The summed E-state index contributed by atoms with van der Waals surface area (Å²) >= 11 is 0. The third kappa shape index (κ3) is 8.01. The Morgan fingerprint density at radius 3 is 1.45 bits per heavy atom. The van der Waals surface area contributed by atoms with Crippen LogP contribution in [0, 0.1) is 53.4 Å². The number of rotatable bonds is 3. The number of ketones is 1. The maximum Gasteiger partial charge on any atom is 0.385 e. The summed E-state index contributed by atoms with van der Waals surface area (Å²) in [5.41, 5.74) is 5.88. The maximum atomic E-state index is 12.5. The molecule has 0 saturated heterocycles. The van der Waals surface area contributed by atoms with Crippen LogP contribution in [-0.4, -0.2) is 34.2 Å². The van der Waals surface area contributed by atoms with Gasteiger partial charge in [0.25, 0.3) is 5.78 Å². The van der Waals surface area contributed by atoms with Crippen molar-refractivity contribution in [3.63, 3.8) is 0 Å². The molecule has 0 saturated carbocycles. The average molecular weight is 425 g/mol. The van der Waals surface area contributed by atoms with Crippen molar-refractivity contribution >= 4 is 11.8 Å². The van der Waals surface area contributed by atoms with Gasteiger partial charge in [0.05, 0.1) is 0 Å². The van der Waals surface area contributed by atoms with Gasteiger partial charge in [-0.05, 0) is 77.6 Å². The Balaban J connectivity index is 0.000000512. The highest BCUT2D eigenvalue weighted by molar-refractivity contribution is 6.41. The van der Waals surface area contributed by atoms with Gasteiger partial charge in [-0.25, -0.2) is 4.79 Å². The lowest BCUT2D eigenvalue weighted by Gasteiger charge is -2.13. The summed E-state index contributed by atoms with van der Waals surface area (Å²) < 4.78 is 5.40. The summed E-state index contributed by atoms with van der Waals surface area (Å²) in [7, 11) is 0. The molecule has 0 amide bonds. The third-order valence-corrected chi connectivity index (χ3v) is 4.39. The minimum Gasteiger partial charge on any atom is -0.420 e. The van der Waals surface area contributed by atoms with Crippen LogP contribution in [0.15, 0.2) is 24.3 Å². The zero-order valence-corrected chi connectivity index (χ0v) is 19.6. The first kappa shape index (κ1) is 26.1. The van der Waals surface area contributed by atoms with Gasteiger partial charge in [0.15, 0.2) is 0 Å². The first-order chi connectivity index (χ1) is 14.3. The van der Waals surface area contributed by atoms with E-state index in [1.807, 2.05) is 65.8 Å². The van der Waals surface area contributed by atoms with Crippen molar-refractivity contribution in [1.82, 2.24) is 0 Å². The van der Waals surface area contributed by atoms with Gasteiger partial charge in [-0.2, -0.15) is 0 Å². The lowest BCUT2D eigenvalue weighted by molar-refractivity contribution is -0.129. The van der Waals surface area contributed by atoms with Gasteiger partial charge in [-0.1, -0.05) is 47.2 Å². The summed E-state index contributed by atoms with van der Waals surface area (Å²) in [6.07, 6.45) is -1.27. The predicted molar refractivity (Wildman–Crippen MR) is 122 cm³/mol. The van der Waals surface area contributed by atoms with E-state index in [9.17, 15) is 9.59 Å². The van der Waals surface area contributed by atoms with Crippen molar-refractivity contribution in [2.24, 2.45) is 0 Å². The van der Waals surface area contributed by atoms with E-state index in [4.69, 9.17) is 14.9 Å². The summed E-state index contributed by atoms with van der Waals surface area (Å²) in [4.78, 5) is 24.8. The number of ether oxygens (including phenoxy) is 1. The van der Waals surface area contributed by atoms with Crippen LogP contribution < -0.4 is 4.74 Å². The number of hydrogen-bond donors (Lipinski definition) is 2. The summed E-state index contributed by atoms with van der Waals surface area (Å²) in [5, 5.41) is 17.0. The van der Waals surface area contributed by atoms with Crippen molar-refractivity contribution in [3.8, 4) is 17.6 Å². The molecule has 2 N–H and O–H groups in total. The summed E-state index contributed by atoms with van der Waals surface area (Å²) in [5.74, 6) is 3.83. The third-order valence-electron chi connectivity index (χ3n) is 4.39. The summed E-state index contributed by atoms with van der Waals surface area (Å²) in [6, 6.07) is 7.66. The molecule has 0 heterocycles. The van der Waals surface area contributed by atoms with Crippen LogP contribution in [0.4, 0.5) is 0 Å². The molecule has 5 nitrogen and oxygen atoms in total. The lowest BCUT2D eigenvalue weighted by atomic mass is 9.96. The molecule has 166 valence electrons. The fourth-order valence-corrected chi connectivity index (χ4v) is 3.35. The molecule has 2 rings (SSSR count). The van der Waals surface area contributed by atoms with E-state index in [1.165, 1.54) is 0 Å². The Labute approximate surface area is 185 Å². The minimum absolute atomic E-state index is 0.433. The topological polar surface area (TPSA) is 83.8 Å². The van der Waals surface area contributed by atoms with Crippen molar-refractivity contribution < 1.29 is 24.5 Å². The van der Waals surface area contributed by atoms with Crippen LogP contribution in [0.5, 0.6) is 5.75 Å². The van der Waals surface area contributed by atoms with E-state index in [1.54, 1.807) is 13.8 Å². The molecule has 2 aromatic rings. The molecule has 2 atom stereocenters. The normalized spacial score (nSPS) is 11.9. The second-order valence-electron chi connectivity index (χ2n) is 7.86. The Morgan fingerprint density at radius 2 is 1.10 bits per heavy atom. The van der Waals surface area contributed by atoms with Gasteiger partial charge in [-0.3, -0.25) is 4.79 Å². The molecular weight excluding hydrogens is 392 g/mol. The van der Waals surface area contributed by atoms with E-state index in [2.05, 4.69) is 11.8 Å². The molecule has 0 radical (unpaired) electrons. The number of hydrogen-bond acceptors (Lipinski definition) is 5. The van der Waals surface area contributed by atoms with E-state index in [0.717, 1.165) is 33.4 Å². The highest BCUT2D eigenvalue weighted by Gasteiger charge is 2.24. The zero-order valence-electron chi connectivity index (χ0n) is 19.6. The van der Waals surface area contributed by atoms with Crippen molar-refractivity contribution in [1.29, 1.82) is 0 Å². The van der Waals surface area contributed by atoms with Crippen molar-refractivity contribution in [3.05, 3.63) is 63.2 Å². The van der Waals surface area contributed by atoms with Crippen LogP contribution in [0.1, 0.15) is 57.6 Å². The second-order valence-corrected chi connectivity index (χ2v) is 7.86. The number of carbonyl (C=O) groups is 2. The maximum absolute atomic E-state index is 12.5. The van der Waals surface area contributed by atoms with Gasteiger partial charge in [0.1, 0.15) is 18.0 Å². The Kier molecular flexibility index (Phi) is 9.64. The Morgan fingerprint density at radius 1 is 0.742 bits per heavy atom. The first-order valence-electron chi connectivity index (χ1n) is 10.1. The Bertz CT molecular complexity index is 962. The molecule has 0 aliphatic rings. The molecule has 2 unspecified atom stereocenters.